The summed E-state index contributed by atoms with van der Waals surface area (Å²) in [4.78, 5) is 23.1. The molecule has 1 unspecified atom stereocenters. The molecule has 4 nitrogen and oxygen atoms in total. The number of carboxylic acids is 1. The molecule has 0 aromatic heterocycles. The van der Waals surface area contributed by atoms with Crippen molar-refractivity contribution in [3.63, 3.8) is 0 Å². The summed E-state index contributed by atoms with van der Waals surface area (Å²) in [5, 5.41) is 9.18. The maximum atomic E-state index is 13.5. The maximum Gasteiger partial charge on any atom is 0.307 e. The van der Waals surface area contributed by atoms with Crippen LogP contribution in [0.4, 0.5) is 4.39 Å². The van der Waals surface area contributed by atoms with E-state index in [0.29, 0.717) is 5.56 Å². The molecule has 0 amide bonds. The van der Waals surface area contributed by atoms with E-state index < -0.39 is 23.7 Å². The third kappa shape index (κ3) is 4.42. The number of halogens is 1. The molecular formula is C15H20FNO3. The molecule has 5 heteroatoms. The van der Waals surface area contributed by atoms with Gasteiger partial charge in [0.15, 0.2) is 5.78 Å². The Hall–Kier alpha value is -1.75. The second-order valence-electron chi connectivity index (χ2n) is 5.27. The molecule has 0 bridgehead atoms. The number of Topliss-reactive ketones (excluding diaryl/α,β-unsaturated/α-hetero) is 1. The monoisotopic (exact) mass is 281 g/mol. The van der Waals surface area contributed by atoms with Crippen LogP contribution < -0.4 is 5.73 Å². The molecule has 0 heterocycles. The Balaban J connectivity index is 2.79. The van der Waals surface area contributed by atoms with E-state index >= 15 is 0 Å². The lowest BCUT2D eigenvalue weighted by Gasteiger charge is -2.17. The largest absolute Gasteiger partial charge is 0.481 e. The summed E-state index contributed by atoms with van der Waals surface area (Å²) in [7, 11) is 0. The van der Waals surface area contributed by atoms with Gasteiger partial charge in [-0.05, 0) is 24.0 Å². The van der Waals surface area contributed by atoms with Crippen molar-refractivity contribution in [2.45, 2.75) is 32.7 Å². The summed E-state index contributed by atoms with van der Waals surface area (Å²) in [6, 6.07) is 5.29. The van der Waals surface area contributed by atoms with Gasteiger partial charge in [0, 0.05) is 6.42 Å². The highest BCUT2D eigenvalue weighted by Gasteiger charge is 2.26. The average Bonchev–Trinajstić information content (AvgIpc) is 2.38. The van der Waals surface area contributed by atoms with E-state index in [1.165, 1.54) is 18.2 Å². The minimum Gasteiger partial charge on any atom is -0.481 e. The molecule has 0 spiro atoms. The maximum absolute atomic E-state index is 13.5. The number of benzene rings is 1. The number of aliphatic carboxylic acids is 1. The normalized spacial score (nSPS) is 14.1. The zero-order valence-electron chi connectivity index (χ0n) is 11.7. The van der Waals surface area contributed by atoms with Crippen molar-refractivity contribution in [2.75, 3.05) is 0 Å². The number of carbonyl (C=O) groups excluding carboxylic acids is 1. The molecule has 0 aliphatic carbocycles. The first-order valence-electron chi connectivity index (χ1n) is 6.57. The van der Waals surface area contributed by atoms with Crippen molar-refractivity contribution in [1.82, 2.24) is 0 Å². The van der Waals surface area contributed by atoms with Gasteiger partial charge < -0.3 is 10.8 Å². The second kappa shape index (κ2) is 7.14. The van der Waals surface area contributed by atoms with E-state index in [4.69, 9.17) is 5.73 Å². The van der Waals surface area contributed by atoms with Crippen molar-refractivity contribution in [1.29, 1.82) is 0 Å². The first kappa shape index (κ1) is 16.3. The van der Waals surface area contributed by atoms with Crippen molar-refractivity contribution < 1.29 is 19.1 Å². The third-order valence-corrected chi connectivity index (χ3v) is 3.31. The highest BCUT2D eigenvalue weighted by molar-refractivity contribution is 5.87. The van der Waals surface area contributed by atoms with Gasteiger partial charge in [-0.15, -0.1) is 0 Å². The van der Waals surface area contributed by atoms with Crippen molar-refractivity contribution in [2.24, 2.45) is 17.6 Å². The van der Waals surface area contributed by atoms with Crippen LogP contribution >= 0.6 is 0 Å². The van der Waals surface area contributed by atoms with E-state index in [1.54, 1.807) is 19.9 Å². The lowest BCUT2D eigenvalue weighted by molar-refractivity contribution is -0.144. The van der Waals surface area contributed by atoms with Crippen molar-refractivity contribution in [3.8, 4) is 0 Å². The average molecular weight is 281 g/mol. The fraction of sp³-hybridized carbons (Fsp3) is 0.467. The van der Waals surface area contributed by atoms with Gasteiger partial charge in [-0.1, -0.05) is 32.0 Å². The molecule has 0 fully saturated rings. The van der Waals surface area contributed by atoms with E-state index in [2.05, 4.69) is 0 Å². The molecule has 20 heavy (non-hydrogen) atoms. The zero-order valence-corrected chi connectivity index (χ0v) is 11.7. The Morgan fingerprint density at radius 3 is 2.40 bits per heavy atom. The Morgan fingerprint density at radius 2 is 1.90 bits per heavy atom. The molecule has 1 aromatic rings. The van der Waals surface area contributed by atoms with Crippen LogP contribution in [0.2, 0.25) is 0 Å². The van der Waals surface area contributed by atoms with Gasteiger partial charge in [0.1, 0.15) is 5.82 Å². The van der Waals surface area contributed by atoms with Crippen molar-refractivity contribution in [3.05, 3.63) is 35.6 Å². The number of carbonyl (C=O) groups is 2. The molecule has 0 saturated heterocycles. The fourth-order valence-electron chi connectivity index (χ4n) is 1.93. The van der Waals surface area contributed by atoms with Crippen LogP contribution in [0.3, 0.4) is 0 Å². The Morgan fingerprint density at radius 1 is 1.30 bits per heavy atom. The predicted molar refractivity (Wildman–Crippen MR) is 73.7 cm³/mol. The topological polar surface area (TPSA) is 80.4 Å². The number of hydrogen-bond donors (Lipinski definition) is 2. The summed E-state index contributed by atoms with van der Waals surface area (Å²) in [6.45, 7) is 3.60. The van der Waals surface area contributed by atoms with Crippen LogP contribution in [0.5, 0.6) is 0 Å². The predicted octanol–water partition coefficient (Wildman–Crippen LogP) is 2.01. The summed E-state index contributed by atoms with van der Waals surface area (Å²) in [5.41, 5.74) is 6.01. The number of rotatable bonds is 7. The van der Waals surface area contributed by atoms with Gasteiger partial charge in [-0.25, -0.2) is 4.39 Å². The molecule has 0 aliphatic heterocycles. The van der Waals surface area contributed by atoms with E-state index in [0.717, 1.165) is 0 Å². The molecule has 110 valence electrons. The van der Waals surface area contributed by atoms with Crippen LogP contribution in [0.25, 0.3) is 0 Å². The van der Waals surface area contributed by atoms with Crippen LogP contribution in [0.15, 0.2) is 24.3 Å². The summed E-state index contributed by atoms with van der Waals surface area (Å²) < 4.78 is 13.5. The first-order valence-corrected chi connectivity index (χ1v) is 6.57. The van der Waals surface area contributed by atoms with Gasteiger partial charge in [0.2, 0.25) is 0 Å². The number of nitrogens with two attached hydrogens (primary N) is 1. The molecule has 1 rings (SSSR count). The third-order valence-electron chi connectivity index (χ3n) is 3.31. The molecule has 3 N–H and O–H groups in total. The first-order chi connectivity index (χ1) is 9.32. The summed E-state index contributed by atoms with van der Waals surface area (Å²) in [5.74, 6) is -2.88. The van der Waals surface area contributed by atoms with E-state index in [-0.39, 0.29) is 24.5 Å². The van der Waals surface area contributed by atoms with Crippen LogP contribution in [-0.4, -0.2) is 22.9 Å². The standard InChI is InChI=1S/C15H20FNO3/c1-9(2)14(17)13(18)8-11(15(19)20)7-10-5-3-4-6-12(10)16/h3-6,9,11,14H,7-8,17H2,1-2H3,(H,19,20)/t11?,14-/m0/s1. The lowest BCUT2D eigenvalue weighted by Crippen LogP contribution is -2.37. The lowest BCUT2D eigenvalue weighted by atomic mass is 9.89. The number of hydrogen-bond acceptors (Lipinski definition) is 3. The van der Waals surface area contributed by atoms with E-state index in [1.807, 2.05) is 0 Å². The molecule has 0 aliphatic rings. The minimum absolute atomic E-state index is 0.0153. The molecule has 2 atom stereocenters. The highest BCUT2D eigenvalue weighted by Crippen LogP contribution is 2.17. The molecule has 1 aromatic carbocycles. The van der Waals surface area contributed by atoms with Gasteiger partial charge in [0.25, 0.3) is 0 Å². The molecular weight excluding hydrogens is 261 g/mol. The van der Waals surface area contributed by atoms with E-state index in [9.17, 15) is 19.1 Å². The quantitative estimate of drug-likeness (QED) is 0.801. The smallest absolute Gasteiger partial charge is 0.307 e. The number of ketones is 1. The van der Waals surface area contributed by atoms with Crippen LogP contribution in [0.1, 0.15) is 25.8 Å². The Kier molecular flexibility index (Phi) is 5.82. The fourth-order valence-corrected chi connectivity index (χ4v) is 1.93. The van der Waals surface area contributed by atoms with Crippen molar-refractivity contribution >= 4 is 11.8 Å². The molecule has 0 saturated carbocycles. The van der Waals surface area contributed by atoms with Crippen LogP contribution in [0, 0.1) is 17.7 Å². The van der Waals surface area contributed by atoms with Crippen LogP contribution in [-0.2, 0) is 16.0 Å². The Labute approximate surface area is 117 Å². The summed E-state index contributed by atoms with van der Waals surface area (Å²) in [6.07, 6.45) is -0.193. The SMILES string of the molecule is CC(C)[C@H](N)C(=O)CC(Cc1ccccc1F)C(=O)O. The minimum atomic E-state index is -1.11. The summed E-state index contributed by atoms with van der Waals surface area (Å²) >= 11 is 0. The highest BCUT2D eigenvalue weighted by atomic mass is 19.1. The van der Waals surface area contributed by atoms with Gasteiger partial charge in [-0.3, -0.25) is 9.59 Å². The van der Waals surface area contributed by atoms with Gasteiger partial charge in [-0.2, -0.15) is 0 Å². The zero-order chi connectivity index (χ0) is 15.3. The Bertz CT molecular complexity index is 488. The van der Waals surface area contributed by atoms with Gasteiger partial charge in [0.05, 0.1) is 12.0 Å². The second-order valence-corrected chi connectivity index (χ2v) is 5.27. The van der Waals surface area contributed by atoms with Gasteiger partial charge >= 0.3 is 5.97 Å². The molecule has 0 radical (unpaired) electrons. The number of carboxylic acid groups (broad SMARTS) is 1.